The van der Waals surface area contributed by atoms with E-state index in [1.54, 1.807) is 18.2 Å². The van der Waals surface area contributed by atoms with Crippen molar-refractivity contribution in [3.63, 3.8) is 0 Å². The number of para-hydroxylation sites is 1. The van der Waals surface area contributed by atoms with E-state index < -0.39 is 16.0 Å². The molecule has 0 bridgehead atoms. The maximum absolute atomic E-state index is 12.3. The van der Waals surface area contributed by atoms with Crippen LogP contribution in [0.25, 0.3) is 0 Å². The van der Waals surface area contributed by atoms with E-state index in [9.17, 15) is 13.2 Å². The number of hydrogen-bond donors (Lipinski definition) is 1. The molecule has 0 unspecified atom stereocenters. The molecule has 0 radical (unpaired) electrons. The average Bonchev–Trinajstić information content (AvgIpc) is 2.61. The van der Waals surface area contributed by atoms with Crippen LogP contribution in [-0.2, 0) is 26.0 Å². The Labute approximate surface area is 169 Å². The fourth-order valence-corrected chi connectivity index (χ4v) is 4.30. The predicted molar refractivity (Wildman–Crippen MR) is 109 cm³/mol. The first-order valence-electron chi connectivity index (χ1n) is 8.75. The van der Waals surface area contributed by atoms with Crippen molar-refractivity contribution in [3.05, 3.63) is 59.1 Å². The number of sulfonamides is 1. The van der Waals surface area contributed by atoms with Crippen LogP contribution in [0.5, 0.6) is 0 Å². The minimum absolute atomic E-state index is 0.0857. The number of carbonyl (C=O) groups excluding carboxylic acids is 1. The fraction of sp³-hybridized carbons (Fsp3) is 0.300. The summed E-state index contributed by atoms with van der Waals surface area (Å²) < 4.78 is 33.4. The molecule has 8 heteroatoms. The van der Waals surface area contributed by atoms with Crippen LogP contribution < -0.4 is 5.32 Å². The molecule has 0 saturated heterocycles. The van der Waals surface area contributed by atoms with Gasteiger partial charge in [-0.1, -0.05) is 49.7 Å². The number of hydrogen-bond acceptors (Lipinski definition) is 5. The Morgan fingerprint density at radius 1 is 1.14 bits per heavy atom. The molecule has 148 valence electrons. The molecule has 1 N–H and O–H groups in total. The second-order valence-corrected chi connectivity index (χ2v) is 9.45. The van der Waals surface area contributed by atoms with Gasteiger partial charge in [0.25, 0.3) is 10.0 Å². The molecule has 1 heterocycles. The van der Waals surface area contributed by atoms with E-state index in [0.717, 1.165) is 5.56 Å². The quantitative estimate of drug-likeness (QED) is 0.712. The molecule has 3 rings (SSSR count). The average molecular weight is 421 g/mol. The number of nitrogens with one attached hydrogen (secondary N) is 1. The summed E-state index contributed by atoms with van der Waals surface area (Å²) in [7, 11) is -3.80. The molecule has 0 aliphatic carbocycles. The van der Waals surface area contributed by atoms with Gasteiger partial charge in [0.15, 0.2) is 5.84 Å². The Morgan fingerprint density at radius 3 is 2.54 bits per heavy atom. The zero-order valence-electron chi connectivity index (χ0n) is 15.6. The largest absolute Gasteiger partial charge is 0.457 e. The standard InChI is InChI=1S/C20H21ClN2O4S/c1-20(2,11-14-7-9-15(21)10-8-14)12-19(24)27-13-18-22-16-5-3-4-6-17(16)28(25,26)23-18/h3-10H,11-13H2,1-2H3,(H,22,23). The third-order valence-electron chi connectivity index (χ3n) is 4.26. The smallest absolute Gasteiger partial charge is 0.306 e. The Bertz CT molecular complexity index is 1010. The van der Waals surface area contributed by atoms with Gasteiger partial charge in [-0.3, -0.25) is 4.79 Å². The summed E-state index contributed by atoms with van der Waals surface area (Å²) in [5, 5.41) is 3.56. The van der Waals surface area contributed by atoms with Gasteiger partial charge in [-0.2, -0.15) is 8.42 Å². The van der Waals surface area contributed by atoms with E-state index in [4.69, 9.17) is 16.3 Å². The first-order chi connectivity index (χ1) is 13.1. The zero-order chi connectivity index (χ0) is 20.4. The van der Waals surface area contributed by atoms with Crippen molar-refractivity contribution in [3.8, 4) is 0 Å². The summed E-state index contributed by atoms with van der Waals surface area (Å²) in [6.07, 6.45) is 0.868. The maximum atomic E-state index is 12.3. The van der Waals surface area contributed by atoms with Crippen LogP contribution in [0.3, 0.4) is 0 Å². The molecule has 0 amide bonds. The highest BCUT2D eigenvalue weighted by Gasteiger charge is 2.27. The van der Waals surface area contributed by atoms with Crippen LogP contribution in [0.2, 0.25) is 5.02 Å². The van der Waals surface area contributed by atoms with Gasteiger partial charge in [-0.25, -0.2) is 0 Å². The molecule has 28 heavy (non-hydrogen) atoms. The summed E-state index contributed by atoms with van der Waals surface area (Å²) in [5.41, 5.74) is 1.17. The van der Waals surface area contributed by atoms with Crippen molar-refractivity contribution in [1.29, 1.82) is 0 Å². The van der Waals surface area contributed by atoms with E-state index in [0.29, 0.717) is 17.1 Å². The summed E-state index contributed by atoms with van der Waals surface area (Å²) in [4.78, 5) is 12.4. The molecular formula is C20H21ClN2O4S. The van der Waals surface area contributed by atoms with Crippen LogP contribution in [0.1, 0.15) is 25.8 Å². The lowest BCUT2D eigenvalue weighted by Gasteiger charge is -2.24. The summed E-state index contributed by atoms with van der Waals surface area (Å²) in [6, 6.07) is 13.9. The Balaban J connectivity index is 1.58. The first-order valence-corrected chi connectivity index (χ1v) is 10.6. The van der Waals surface area contributed by atoms with Crippen molar-refractivity contribution in [1.82, 2.24) is 0 Å². The van der Waals surface area contributed by atoms with E-state index >= 15 is 0 Å². The molecule has 0 fully saturated rings. The monoisotopic (exact) mass is 420 g/mol. The number of fused-ring (bicyclic) bond motifs is 1. The molecule has 1 aliphatic rings. The molecule has 0 aromatic heterocycles. The topological polar surface area (TPSA) is 84.8 Å². The highest BCUT2D eigenvalue weighted by atomic mass is 35.5. The van der Waals surface area contributed by atoms with Gasteiger partial charge >= 0.3 is 5.97 Å². The molecule has 0 atom stereocenters. The molecule has 0 spiro atoms. The van der Waals surface area contributed by atoms with Crippen LogP contribution in [0, 0.1) is 5.41 Å². The Hall–Kier alpha value is -2.38. The van der Waals surface area contributed by atoms with E-state index in [2.05, 4.69) is 9.71 Å². The number of esters is 1. The Kier molecular flexibility index (Phi) is 5.76. The lowest BCUT2D eigenvalue weighted by molar-refractivity contribution is -0.144. The normalized spacial score (nSPS) is 15.2. The number of rotatable bonds is 6. The highest BCUT2D eigenvalue weighted by molar-refractivity contribution is 7.90. The van der Waals surface area contributed by atoms with Crippen LogP contribution in [-0.4, -0.2) is 26.8 Å². The number of amidine groups is 1. The van der Waals surface area contributed by atoms with Gasteiger partial charge in [0.05, 0.1) is 12.1 Å². The summed E-state index contributed by atoms with van der Waals surface area (Å²) in [5.74, 6) is -0.331. The number of ether oxygens (including phenoxy) is 1. The van der Waals surface area contributed by atoms with Gasteiger partial charge in [0.1, 0.15) is 11.5 Å². The van der Waals surface area contributed by atoms with Crippen LogP contribution in [0.15, 0.2) is 57.8 Å². The zero-order valence-corrected chi connectivity index (χ0v) is 17.2. The number of nitrogens with zero attached hydrogens (tertiary/aromatic N) is 1. The minimum Gasteiger partial charge on any atom is -0.457 e. The number of anilines is 1. The van der Waals surface area contributed by atoms with Crippen molar-refractivity contribution in [2.24, 2.45) is 9.81 Å². The van der Waals surface area contributed by atoms with E-state index in [1.165, 1.54) is 6.07 Å². The van der Waals surface area contributed by atoms with Gasteiger partial charge in [-0.05, 0) is 41.7 Å². The van der Waals surface area contributed by atoms with Crippen LogP contribution in [0.4, 0.5) is 5.69 Å². The van der Waals surface area contributed by atoms with Gasteiger partial charge in [-0.15, -0.1) is 4.40 Å². The lowest BCUT2D eigenvalue weighted by Crippen LogP contribution is -2.28. The first kappa shape index (κ1) is 20.4. The van der Waals surface area contributed by atoms with Crippen molar-refractivity contribution in [2.75, 3.05) is 11.9 Å². The highest BCUT2D eigenvalue weighted by Crippen LogP contribution is 2.28. The predicted octanol–water partition coefficient (Wildman–Crippen LogP) is 4.05. The fourth-order valence-electron chi connectivity index (χ4n) is 3.04. The molecule has 0 saturated carbocycles. The van der Waals surface area contributed by atoms with E-state index in [1.807, 2.05) is 38.1 Å². The van der Waals surface area contributed by atoms with Crippen molar-refractivity contribution < 1.29 is 17.9 Å². The van der Waals surface area contributed by atoms with Crippen molar-refractivity contribution >= 4 is 39.1 Å². The molecule has 2 aromatic rings. The summed E-state index contributed by atoms with van der Waals surface area (Å²) in [6.45, 7) is 3.71. The SMILES string of the molecule is CC(C)(CC(=O)OCC1=NS(=O)(=O)c2ccccc2N1)Cc1ccc(Cl)cc1. The second-order valence-electron chi connectivity index (χ2n) is 7.44. The van der Waals surface area contributed by atoms with Crippen LogP contribution >= 0.6 is 11.6 Å². The second kappa shape index (κ2) is 7.93. The Morgan fingerprint density at radius 2 is 1.82 bits per heavy atom. The maximum Gasteiger partial charge on any atom is 0.306 e. The van der Waals surface area contributed by atoms with Gasteiger partial charge in [0, 0.05) is 5.02 Å². The number of benzene rings is 2. The number of carbonyl (C=O) groups is 1. The molecule has 6 nitrogen and oxygen atoms in total. The lowest BCUT2D eigenvalue weighted by atomic mass is 9.83. The summed E-state index contributed by atoms with van der Waals surface area (Å²) >= 11 is 5.90. The molecule has 2 aromatic carbocycles. The van der Waals surface area contributed by atoms with Gasteiger partial charge in [0.2, 0.25) is 0 Å². The molecule has 1 aliphatic heterocycles. The minimum atomic E-state index is -3.80. The van der Waals surface area contributed by atoms with Gasteiger partial charge < -0.3 is 10.1 Å². The third-order valence-corrected chi connectivity index (χ3v) is 5.89. The third kappa shape index (κ3) is 5.11. The van der Waals surface area contributed by atoms with Crippen molar-refractivity contribution in [2.45, 2.75) is 31.6 Å². The van der Waals surface area contributed by atoms with E-state index in [-0.39, 0.29) is 29.2 Å². The number of halogens is 1. The molecular weight excluding hydrogens is 400 g/mol.